The molecular weight excluding hydrogens is 613 g/mol. The molecule has 3 aromatic heterocycles. The van der Waals surface area contributed by atoms with E-state index in [0.29, 0.717) is 0 Å². The first-order valence-electron chi connectivity index (χ1n) is 16.9. The summed E-state index contributed by atoms with van der Waals surface area (Å²) < 4.78 is 15.5. The first-order valence-corrected chi connectivity index (χ1v) is 16.9. The maximum atomic E-state index is 6.71. The van der Waals surface area contributed by atoms with Crippen molar-refractivity contribution in [1.82, 2.24) is 4.57 Å². The largest absolute Gasteiger partial charge is 0.456 e. The van der Waals surface area contributed by atoms with Gasteiger partial charge < -0.3 is 18.3 Å². The van der Waals surface area contributed by atoms with Gasteiger partial charge in [-0.1, -0.05) is 97.1 Å². The number of nitrogens with zero attached hydrogens (tertiary/aromatic N) is 2. The molecule has 0 unspecified atom stereocenters. The third kappa shape index (κ3) is 3.87. The summed E-state index contributed by atoms with van der Waals surface area (Å²) in [5, 5.41) is 9.07. The number of anilines is 3. The number of furan rings is 2. The van der Waals surface area contributed by atoms with Gasteiger partial charge in [0.25, 0.3) is 0 Å². The van der Waals surface area contributed by atoms with Gasteiger partial charge in [0.05, 0.1) is 22.4 Å². The summed E-state index contributed by atoms with van der Waals surface area (Å²) in [4.78, 5) is 2.37. The third-order valence-corrected chi connectivity index (χ3v) is 10.1. The van der Waals surface area contributed by atoms with Crippen LogP contribution in [-0.2, 0) is 0 Å². The average Bonchev–Trinajstić information content (AvgIpc) is 3.84. The molecule has 0 saturated carbocycles. The van der Waals surface area contributed by atoms with E-state index < -0.39 is 0 Å². The van der Waals surface area contributed by atoms with Crippen LogP contribution in [0.2, 0.25) is 0 Å². The number of hydrogen-bond acceptors (Lipinski definition) is 3. The lowest BCUT2D eigenvalue weighted by molar-refractivity contribution is 0.669. The summed E-state index contributed by atoms with van der Waals surface area (Å²) in [6.45, 7) is 0. The molecule has 11 rings (SSSR count). The van der Waals surface area contributed by atoms with E-state index in [2.05, 4.69) is 167 Å². The molecule has 0 radical (unpaired) electrons. The molecule has 0 aliphatic carbocycles. The number of fused-ring (bicyclic) bond motifs is 10. The molecule has 50 heavy (non-hydrogen) atoms. The van der Waals surface area contributed by atoms with Crippen LogP contribution in [0.15, 0.2) is 179 Å². The molecule has 0 aliphatic heterocycles. The molecule has 4 nitrogen and oxygen atoms in total. The van der Waals surface area contributed by atoms with Gasteiger partial charge in [-0.15, -0.1) is 0 Å². The fraction of sp³-hybridized carbons (Fsp3) is 0. The highest BCUT2D eigenvalue weighted by Gasteiger charge is 2.24. The van der Waals surface area contributed by atoms with Crippen molar-refractivity contribution >= 4 is 93.5 Å². The molecule has 3 heterocycles. The van der Waals surface area contributed by atoms with Crippen molar-refractivity contribution < 1.29 is 8.83 Å². The second-order valence-electron chi connectivity index (χ2n) is 12.9. The van der Waals surface area contributed by atoms with Gasteiger partial charge in [0.15, 0.2) is 5.58 Å². The zero-order chi connectivity index (χ0) is 32.8. The van der Waals surface area contributed by atoms with E-state index in [-0.39, 0.29) is 0 Å². The zero-order valence-corrected chi connectivity index (χ0v) is 26.9. The molecule has 0 saturated heterocycles. The topological polar surface area (TPSA) is 34.5 Å². The highest BCUT2D eigenvalue weighted by Crippen LogP contribution is 2.48. The molecular formula is C46H28N2O2. The predicted octanol–water partition coefficient (Wildman–Crippen LogP) is 13.2. The fourth-order valence-electron chi connectivity index (χ4n) is 7.95. The molecule has 0 amide bonds. The Morgan fingerprint density at radius 2 is 1.06 bits per heavy atom. The highest BCUT2D eigenvalue weighted by molar-refractivity contribution is 6.19. The van der Waals surface area contributed by atoms with Gasteiger partial charge in [-0.3, -0.25) is 0 Å². The number of benzene rings is 8. The summed E-state index contributed by atoms with van der Waals surface area (Å²) >= 11 is 0. The van der Waals surface area contributed by atoms with Crippen molar-refractivity contribution in [3.05, 3.63) is 170 Å². The minimum atomic E-state index is 0.848. The maximum Gasteiger partial charge on any atom is 0.159 e. The second-order valence-corrected chi connectivity index (χ2v) is 12.9. The Kier molecular flexibility index (Phi) is 5.63. The lowest BCUT2D eigenvalue weighted by Crippen LogP contribution is -2.10. The van der Waals surface area contributed by atoms with Crippen molar-refractivity contribution in [2.75, 3.05) is 4.90 Å². The molecule has 0 atom stereocenters. The Morgan fingerprint density at radius 3 is 1.96 bits per heavy atom. The van der Waals surface area contributed by atoms with Gasteiger partial charge in [-0.25, -0.2) is 0 Å². The molecule has 0 bridgehead atoms. The van der Waals surface area contributed by atoms with E-state index in [1.54, 1.807) is 0 Å². The van der Waals surface area contributed by atoms with Crippen LogP contribution in [0.25, 0.3) is 82.1 Å². The highest BCUT2D eigenvalue weighted by atomic mass is 16.3. The number of rotatable bonds is 4. The third-order valence-electron chi connectivity index (χ3n) is 10.1. The second kappa shape index (κ2) is 10.4. The maximum absolute atomic E-state index is 6.71. The molecule has 234 valence electrons. The Labute approximate surface area is 286 Å². The van der Waals surface area contributed by atoms with Gasteiger partial charge in [0, 0.05) is 43.7 Å². The summed E-state index contributed by atoms with van der Waals surface area (Å²) in [7, 11) is 0. The molecule has 0 aliphatic rings. The van der Waals surface area contributed by atoms with Gasteiger partial charge in [-0.05, 0) is 83.6 Å². The van der Waals surface area contributed by atoms with E-state index in [4.69, 9.17) is 8.83 Å². The van der Waals surface area contributed by atoms with Crippen LogP contribution in [-0.4, -0.2) is 4.57 Å². The molecule has 8 aromatic carbocycles. The van der Waals surface area contributed by atoms with Crippen molar-refractivity contribution in [2.24, 2.45) is 0 Å². The van der Waals surface area contributed by atoms with Crippen molar-refractivity contribution in [1.29, 1.82) is 0 Å². The van der Waals surface area contributed by atoms with Gasteiger partial charge in [0.2, 0.25) is 0 Å². The van der Waals surface area contributed by atoms with Crippen LogP contribution in [0, 0.1) is 0 Å². The lowest BCUT2D eigenvalue weighted by atomic mass is 10.0. The number of para-hydroxylation sites is 4. The Bertz CT molecular complexity index is 3110. The minimum absolute atomic E-state index is 0.848. The van der Waals surface area contributed by atoms with E-state index in [0.717, 1.165) is 77.7 Å². The van der Waals surface area contributed by atoms with Gasteiger partial charge >= 0.3 is 0 Å². The Morgan fingerprint density at radius 1 is 0.400 bits per heavy atom. The summed E-state index contributed by atoms with van der Waals surface area (Å²) in [6.07, 6.45) is 0. The van der Waals surface area contributed by atoms with Gasteiger partial charge in [0.1, 0.15) is 16.7 Å². The average molecular weight is 641 g/mol. The van der Waals surface area contributed by atoms with Crippen LogP contribution < -0.4 is 4.90 Å². The van der Waals surface area contributed by atoms with Crippen LogP contribution >= 0.6 is 0 Å². The van der Waals surface area contributed by atoms with E-state index in [9.17, 15) is 0 Å². The monoisotopic (exact) mass is 640 g/mol. The first-order chi connectivity index (χ1) is 24.8. The predicted molar refractivity (Wildman–Crippen MR) is 208 cm³/mol. The number of hydrogen-bond donors (Lipinski definition) is 0. The summed E-state index contributed by atoms with van der Waals surface area (Å²) in [6, 6.07) is 60.1. The zero-order valence-electron chi connectivity index (χ0n) is 26.9. The lowest BCUT2D eigenvalue weighted by Gasteiger charge is -2.26. The molecule has 0 N–H and O–H groups in total. The normalized spacial score (nSPS) is 12.0. The van der Waals surface area contributed by atoms with Crippen LogP contribution in [0.5, 0.6) is 0 Å². The van der Waals surface area contributed by atoms with Crippen LogP contribution in [0.1, 0.15) is 0 Å². The fourth-order valence-corrected chi connectivity index (χ4v) is 7.95. The van der Waals surface area contributed by atoms with Crippen molar-refractivity contribution in [3.8, 4) is 5.69 Å². The smallest absolute Gasteiger partial charge is 0.159 e. The van der Waals surface area contributed by atoms with E-state index in [1.807, 2.05) is 12.1 Å². The number of aromatic nitrogens is 1. The summed E-state index contributed by atoms with van der Waals surface area (Å²) in [5.41, 5.74) is 9.95. The minimum Gasteiger partial charge on any atom is -0.456 e. The van der Waals surface area contributed by atoms with Crippen LogP contribution in [0.3, 0.4) is 0 Å². The standard InChI is InChI=1S/C46H28N2O2/c1-2-14-31(15-3-1)47-38-19-8-6-17-35(38)45-39(47)20-11-21-40(45)48(41-22-10-18-34-33-16-7-9-23-42(33)50-46(34)41)32-24-25-43-37(28-32)36-26-29-12-4-5-13-30(29)27-44(36)49-43/h1-28H. The Hall–Kier alpha value is -6.78. The molecule has 0 spiro atoms. The van der Waals surface area contributed by atoms with Crippen molar-refractivity contribution in [2.45, 2.75) is 0 Å². The quantitative estimate of drug-likeness (QED) is 0.192. The first kappa shape index (κ1) is 27.2. The molecule has 4 heteroatoms. The molecule has 11 aromatic rings. The molecule has 0 fully saturated rings. The Balaban J connectivity index is 1.25. The van der Waals surface area contributed by atoms with Gasteiger partial charge in [-0.2, -0.15) is 0 Å². The van der Waals surface area contributed by atoms with E-state index in [1.165, 1.54) is 21.5 Å². The van der Waals surface area contributed by atoms with E-state index >= 15 is 0 Å². The summed E-state index contributed by atoms with van der Waals surface area (Å²) in [5.74, 6) is 0. The SMILES string of the molecule is c1ccc(-n2c3ccccc3c3c(N(c4ccc5oc6cc7ccccc7cc6c5c4)c4cccc5c4oc4ccccc45)cccc32)cc1. The van der Waals surface area contributed by atoms with Crippen LogP contribution in [0.4, 0.5) is 17.1 Å². The van der Waals surface area contributed by atoms with Crippen molar-refractivity contribution in [3.63, 3.8) is 0 Å².